The molecule has 2 aromatic rings. The van der Waals surface area contributed by atoms with Crippen LogP contribution < -0.4 is 9.80 Å². The molecule has 0 aliphatic carbocycles. The van der Waals surface area contributed by atoms with Crippen molar-refractivity contribution in [3.63, 3.8) is 0 Å². The lowest BCUT2D eigenvalue weighted by molar-refractivity contribution is 0.543. The molecule has 0 radical (unpaired) electrons. The summed E-state index contributed by atoms with van der Waals surface area (Å²) in [6, 6.07) is 12.6. The molecule has 1 fully saturated rings. The molecule has 4 heteroatoms. The summed E-state index contributed by atoms with van der Waals surface area (Å²) in [6.45, 7) is 5.18. The van der Waals surface area contributed by atoms with Crippen molar-refractivity contribution in [1.29, 1.82) is 0 Å². The van der Waals surface area contributed by atoms with Crippen LogP contribution in [0, 0.1) is 0 Å². The monoisotopic (exact) mass is 254 g/mol. The van der Waals surface area contributed by atoms with Crippen LogP contribution in [-0.4, -0.2) is 35.6 Å². The van der Waals surface area contributed by atoms with Gasteiger partial charge in [0.05, 0.1) is 0 Å². The molecule has 0 aromatic carbocycles. The van der Waals surface area contributed by atoms with Crippen molar-refractivity contribution in [1.82, 2.24) is 9.97 Å². The van der Waals surface area contributed by atoms with Gasteiger partial charge < -0.3 is 9.80 Å². The number of aromatic nitrogens is 2. The average molecular weight is 254 g/mol. The van der Waals surface area contributed by atoms with Gasteiger partial charge in [-0.3, -0.25) is 0 Å². The molecule has 1 aliphatic rings. The van der Waals surface area contributed by atoms with Crippen LogP contribution in [0.1, 0.15) is 6.92 Å². The van der Waals surface area contributed by atoms with Gasteiger partial charge in [-0.25, -0.2) is 9.97 Å². The molecule has 0 amide bonds. The highest BCUT2D eigenvalue weighted by Crippen LogP contribution is 2.20. The Balaban J connectivity index is 1.73. The van der Waals surface area contributed by atoms with E-state index in [4.69, 9.17) is 0 Å². The standard InChI is InChI=1S/C15H18N4/c1-13-12-18(14-6-2-4-8-16-14)10-11-19(13)15-7-3-5-9-17-15/h2-9,13H,10-12H2,1H3. The number of hydrogen-bond donors (Lipinski definition) is 0. The first-order chi connectivity index (χ1) is 9.34. The fourth-order valence-electron chi connectivity index (χ4n) is 2.57. The molecule has 1 atom stereocenters. The van der Waals surface area contributed by atoms with E-state index in [0.717, 1.165) is 31.3 Å². The van der Waals surface area contributed by atoms with Crippen LogP contribution in [0.4, 0.5) is 11.6 Å². The Kier molecular flexibility index (Phi) is 3.31. The Morgan fingerprint density at radius 3 is 2.21 bits per heavy atom. The second-order valence-electron chi connectivity index (χ2n) is 4.86. The van der Waals surface area contributed by atoms with E-state index in [0.29, 0.717) is 6.04 Å². The summed E-state index contributed by atoms with van der Waals surface area (Å²) in [5, 5.41) is 0. The Hall–Kier alpha value is -2.10. The van der Waals surface area contributed by atoms with Gasteiger partial charge >= 0.3 is 0 Å². The van der Waals surface area contributed by atoms with Gasteiger partial charge in [0.1, 0.15) is 11.6 Å². The highest BCUT2D eigenvalue weighted by molar-refractivity contribution is 5.45. The third kappa shape index (κ3) is 2.52. The fourth-order valence-corrected chi connectivity index (χ4v) is 2.57. The Labute approximate surface area is 113 Å². The van der Waals surface area contributed by atoms with Gasteiger partial charge in [-0.15, -0.1) is 0 Å². The van der Waals surface area contributed by atoms with Crippen molar-refractivity contribution in [2.75, 3.05) is 29.4 Å². The van der Waals surface area contributed by atoms with Crippen LogP contribution in [0.5, 0.6) is 0 Å². The second kappa shape index (κ2) is 5.26. The number of rotatable bonds is 2. The molecule has 2 aromatic heterocycles. The lowest BCUT2D eigenvalue weighted by Gasteiger charge is -2.41. The van der Waals surface area contributed by atoms with Crippen molar-refractivity contribution >= 4 is 11.6 Å². The second-order valence-corrected chi connectivity index (χ2v) is 4.86. The van der Waals surface area contributed by atoms with E-state index in [2.05, 4.69) is 38.8 Å². The summed E-state index contributed by atoms with van der Waals surface area (Å²) in [4.78, 5) is 13.6. The van der Waals surface area contributed by atoms with Crippen LogP contribution in [0.25, 0.3) is 0 Å². The fraction of sp³-hybridized carbons (Fsp3) is 0.333. The number of nitrogens with zero attached hydrogens (tertiary/aromatic N) is 4. The first-order valence-corrected chi connectivity index (χ1v) is 6.68. The minimum Gasteiger partial charge on any atom is -0.353 e. The molecule has 0 saturated carbocycles. The summed E-state index contributed by atoms with van der Waals surface area (Å²) in [7, 11) is 0. The molecule has 4 nitrogen and oxygen atoms in total. The third-order valence-electron chi connectivity index (χ3n) is 3.54. The summed E-state index contributed by atoms with van der Waals surface area (Å²) in [6.07, 6.45) is 3.71. The summed E-state index contributed by atoms with van der Waals surface area (Å²) in [5.41, 5.74) is 0. The largest absolute Gasteiger partial charge is 0.353 e. The first-order valence-electron chi connectivity index (χ1n) is 6.68. The Morgan fingerprint density at radius 1 is 0.947 bits per heavy atom. The topological polar surface area (TPSA) is 32.3 Å². The van der Waals surface area contributed by atoms with Crippen molar-refractivity contribution < 1.29 is 0 Å². The number of anilines is 2. The molecule has 0 bridgehead atoms. The van der Waals surface area contributed by atoms with Gasteiger partial charge in [0, 0.05) is 38.1 Å². The molecule has 0 N–H and O–H groups in total. The van der Waals surface area contributed by atoms with Crippen LogP contribution in [0.2, 0.25) is 0 Å². The van der Waals surface area contributed by atoms with Gasteiger partial charge in [-0.1, -0.05) is 12.1 Å². The Bertz CT molecular complexity index is 514. The zero-order valence-electron chi connectivity index (χ0n) is 11.1. The zero-order valence-corrected chi connectivity index (χ0v) is 11.1. The molecule has 1 saturated heterocycles. The minimum atomic E-state index is 0.436. The highest BCUT2D eigenvalue weighted by Gasteiger charge is 2.24. The van der Waals surface area contributed by atoms with Crippen LogP contribution in [-0.2, 0) is 0 Å². The summed E-state index contributed by atoms with van der Waals surface area (Å²) in [5.74, 6) is 2.13. The summed E-state index contributed by atoms with van der Waals surface area (Å²) >= 11 is 0. The molecule has 3 rings (SSSR count). The third-order valence-corrected chi connectivity index (χ3v) is 3.54. The predicted molar refractivity (Wildman–Crippen MR) is 77.5 cm³/mol. The van der Waals surface area contributed by atoms with Gasteiger partial charge in [-0.2, -0.15) is 0 Å². The lowest BCUT2D eigenvalue weighted by atomic mass is 10.2. The summed E-state index contributed by atoms with van der Waals surface area (Å²) < 4.78 is 0. The van der Waals surface area contributed by atoms with E-state index in [1.165, 1.54) is 0 Å². The van der Waals surface area contributed by atoms with Gasteiger partial charge in [0.25, 0.3) is 0 Å². The van der Waals surface area contributed by atoms with E-state index in [1.54, 1.807) is 0 Å². The van der Waals surface area contributed by atoms with Crippen LogP contribution in [0.15, 0.2) is 48.8 Å². The molecule has 98 valence electrons. The maximum atomic E-state index is 4.44. The quantitative estimate of drug-likeness (QED) is 0.822. The van der Waals surface area contributed by atoms with Crippen molar-refractivity contribution in [2.24, 2.45) is 0 Å². The van der Waals surface area contributed by atoms with Gasteiger partial charge in [0.15, 0.2) is 0 Å². The van der Waals surface area contributed by atoms with Crippen molar-refractivity contribution in [2.45, 2.75) is 13.0 Å². The number of pyridine rings is 2. The average Bonchev–Trinajstić information content (AvgIpc) is 2.49. The lowest BCUT2D eigenvalue weighted by Crippen LogP contribution is -2.52. The normalized spacial score (nSPS) is 19.5. The van der Waals surface area contributed by atoms with Crippen LogP contribution in [0.3, 0.4) is 0 Å². The Morgan fingerprint density at radius 2 is 1.63 bits per heavy atom. The first kappa shape index (κ1) is 12.0. The molecule has 0 spiro atoms. The highest BCUT2D eigenvalue weighted by atomic mass is 15.3. The molecule has 1 aliphatic heterocycles. The molecular weight excluding hydrogens is 236 g/mol. The van der Waals surface area contributed by atoms with Crippen LogP contribution >= 0.6 is 0 Å². The SMILES string of the molecule is CC1CN(c2ccccn2)CCN1c1ccccn1. The van der Waals surface area contributed by atoms with E-state index < -0.39 is 0 Å². The maximum absolute atomic E-state index is 4.44. The van der Waals surface area contributed by atoms with E-state index in [-0.39, 0.29) is 0 Å². The van der Waals surface area contributed by atoms with Gasteiger partial charge in [0.2, 0.25) is 0 Å². The molecule has 19 heavy (non-hydrogen) atoms. The van der Waals surface area contributed by atoms with Gasteiger partial charge in [-0.05, 0) is 31.2 Å². The van der Waals surface area contributed by atoms with E-state index in [1.807, 2.05) is 36.7 Å². The minimum absolute atomic E-state index is 0.436. The smallest absolute Gasteiger partial charge is 0.128 e. The van der Waals surface area contributed by atoms with E-state index >= 15 is 0 Å². The predicted octanol–water partition coefficient (Wildman–Crippen LogP) is 2.19. The number of hydrogen-bond acceptors (Lipinski definition) is 4. The van der Waals surface area contributed by atoms with Crippen molar-refractivity contribution in [3.8, 4) is 0 Å². The maximum Gasteiger partial charge on any atom is 0.128 e. The molecule has 1 unspecified atom stereocenters. The van der Waals surface area contributed by atoms with E-state index in [9.17, 15) is 0 Å². The zero-order chi connectivity index (χ0) is 13.1. The molecule has 3 heterocycles. The van der Waals surface area contributed by atoms with Crippen molar-refractivity contribution in [3.05, 3.63) is 48.8 Å². The molecular formula is C15H18N4. The number of piperazine rings is 1.